The second-order valence-corrected chi connectivity index (χ2v) is 7.64. The van der Waals surface area contributed by atoms with Crippen LogP contribution in [-0.2, 0) is 4.74 Å². The van der Waals surface area contributed by atoms with Gasteiger partial charge in [-0.05, 0) is 45.4 Å². The number of nitrogens with one attached hydrogen (secondary N) is 1. The molecule has 0 aliphatic carbocycles. The Labute approximate surface area is 195 Å². The van der Waals surface area contributed by atoms with Crippen molar-refractivity contribution in [1.82, 2.24) is 15.2 Å². The Morgan fingerprint density at radius 3 is 2.74 bits per heavy atom. The lowest BCUT2D eigenvalue weighted by molar-refractivity contribution is 0.0567. The quantitative estimate of drug-likeness (QED) is 0.578. The van der Waals surface area contributed by atoms with Crippen LogP contribution in [0.15, 0.2) is 24.3 Å². The number of ether oxygens (including phenoxy) is 2. The van der Waals surface area contributed by atoms with E-state index >= 15 is 0 Å². The lowest BCUT2D eigenvalue weighted by atomic mass is 10.0. The predicted molar refractivity (Wildman–Crippen MR) is 125 cm³/mol. The number of nitrogens with zero attached hydrogens (tertiary/aromatic N) is 2. The molecular weight excluding hydrogens is 444 g/mol. The van der Waals surface area contributed by atoms with E-state index in [1.807, 2.05) is 18.7 Å². The summed E-state index contributed by atoms with van der Waals surface area (Å²) in [5.41, 5.74) is 0.701. The summed E-state index contributed by atoms with van der Waals surface area (Å²) < 4.78 is 25.4. The topological polar surface area (TPSA) is 63.7 Å². The molecule has 2 aromatic rings. The number of methoxy groups -OCH3 is 1. The van der Waals surface area contributed by atoms with Crippen LogP contribution in [0.4, 0.5) is 4.39 Å². The maximum absolute atomic E-state index is 14.5. The Balaban J connectivity index is 0.00000240. The minimum absolute atomic E-state index is 0. The van der Waals surface area contributed by atoms with Gasteiger partial charge in [0.15, 0.2) is 0 Å². The molecule has 2 heterocycles. The number of halogens is 3. The van der Waals surface area contributed by atoms with Gasteiger partial charge in [-0.2, -0.15) is 0 Å². The van der Waals surface area contributed by atoms with E-state index in [1.54, 1.807) is 25.3 Å². The molecule has 1 aliphatic heterocycles. The maximum Gasteiger partial charge on any atom is 0.273 e. The van der Waals surface area contributed by atoms with Crippen LogP contribution in [0.5, 0.6) is 5.75 Å². The first-order valence-electron chi connectivity index (χ1n) is 10.3. The molecule has 6 nitrogen and oxygen atoms in total. The maximum atomic E-state index is 14.5. The fourth-order valence-corrected chi connectivity index (χ4v) is 3.84. The standard InChI is InChI=1S/C22H30FN3O3.2ClH/c1-15(2)26(16-7-5-10-24-14-16)22(27)19-13-20(29-12-6-11-28-3)21-17(23)8-4-9-18(21)25-19;;/h4,8-9,13,15-16,24H,5-7,10-12,14H2,1-3H3;2*1H/t16-;;/m1../s1. The van der Waals surface area contributed by atoms with Gasteiger partial charge in [-0.3, -0.25) is 4.79 Å². The largest absolute Gasteiger partial charge is 0.493 e. The number of hydrogen-bond acceptors (Lipinski definition) is 5. The average molecular weight is 476 g/mol. The van der Waals surface area contributed by atoms with Crippen LogP contribution >= 0.6 is 24.8 Å². The highest BCUT2D eigenvalue weighted by molar-refractivity contribution is 5.97. The number of rotatable bonds is 8. The predicted octanol–water partition coefficient (Wildman–Crippen LogP) is 4.24. The monoisotopic (exact) mass is 475 g/mol. The van der Waals surface area contributed by atoms with Crippen molar-refractivity contribution in [3.05, 3.63) is 35.8 Å². The number of pyridine rings is 1. The summed E-state index contributed by atoms with van der Waals surface area (Å²) >= 11 is 0. The Kier molecular flexibility index (Phi) is 11.5. The number of benzene rings is 1. The summed E-state index contributed by atoms with van der Waals surface area (Å²) in [4.78, 5) is 19.8. The highest BCUT2D eigenvalue weighted by Crippen LogP contribution is 2.29. The average Bonchev–Trinajstić information content (AvgIpc) is 2.71. The van der Waals surface area contributed by atoms with Gasteiger partial charge in [0.1, 0.15) is 17.3 Å². The molecule has 0 spiro atoms. The summed E-state index contributed by atoms with van der Waals surface area (Å²) in [5.74, 6) is -0.215. The Morgan fingerprint density at radius 1 is 1.32 bits per heavy atom. The van der Waals surface area contributed by atoms with Crippen LogP contribution in [0, 0.1) is 5.82 Å². The number of amides is 1. The Hall–Kier alpha value is -1.67. The fourth-order valence-electron chi connectivity index (χ4n) is 3.84. The summed E-state index contributed by atoms with van der Waals surface area (Å²) in [5, 5.41) is 3.67. The Morgan fingerprint density at radius 2 is 2.10 bits per heavy atom. The van der Waals surface area contributed by atoms with Crippen LogP contribution < -0.4 is 10.1 Å². The van der Waals surface area contributed by atoms with Crippen molar-refractivity contribution in [2.75, 3.05) is 33.4 Å². The lowest BCUT2D eigenvalue weighted by Crippen LogP contribution is -2.51. The molecule has 0 radical (unpaired) electrons. The number of hydrogen-bond donors (Lipinski definition) is 1. The number of carbonyl (C=O) groups is 1. The smallest absolute Gasteiger partial charge is 0.273 e. The Bertz CT molecular complexity index is 848. The van der Waals surface area contributed by atoms with Crippen molar-refractivity contribution < 1.29 is 18.7 Å². The summed E-state index contributed by atoms with van der Waals surface area (Å²) in [6, 6.07) is 6.40. The van der Waals surface area contributed by atoms with E-state index in [9.17, 15) is 9.18 Å². The number of aromatic nitrogens is 1. The second-order valence-electron chi connectivity index (χ2n) is 7.64. The SMILES string of the molecule is COCCCOc1cc(C(=O)N(C(C)C)[C@@H]2CCCNC2)nc2cccc(F)c12.Cl.Cl. The molecule has 1 aliphatic rings. The van der Waals surface area contributed by atoms with Crippen LogP contribution in [-0.4, -0.2) is 61.3 Å². The van der Waals surface area contributed by atoms with Crippen molar-refractivity contribution in [1.29, 1.82) is 0 Å². The van der Waals surface area contributed by atoms with Gasteiger partial charge in [0, 0.05) is 44.8 Å². The van der Waals surface area contributed by atoms with E-state index in [1.165, 1.54) is 6.07 Å². The molecule has 9 heteroatoms. The zero-order chi connectivity index (χ0) is 20.8. The van der Waals surface area contributed by atoms with E-state index in [-0.39, 0.29) is 48.5 Å². The lowest BCUT2D eigenvalue weighted by Gasteiger charge is -2.37. The second kappa shape index (κ2) is 13.0. The van der Waals surface area contributed by atoms with Crippen molar-refractivity contribution in [3.8, 4) is 5.75 Å². The van der Waals surface area contributed by atoms with Crippen LogP contribution in [0.2, 0.25) is 0 Å². The zero-order valence-electron chi connectivity index (χ0n) is 18.2. The third-order valence-electron chi connectivity index (χ3n) is 5.17. The van der Waals surface area contributed by atoms with E-state index in [2.05, 4.69) is 10.3 Å². The summed E-state index contributed by atoms with van der Waals surface area (Å²) in [6.07, 6.45) is 2.66. The molecule has 1 fully saturated rings. The van der Waals surface area contributed by atoms with Gasteiger partial charge in [-0.15, -0.1) is 24.8 Å². The molecule has 0 saturated carbocycles. The van der Waals surface area contributed by atoms with Gasteiger partial charge in [0.05, 0.1) is 17.5 Å². The number of carbonyl (C=O) groups excluding carboxylic acids is 1. The number of fused-ring (bicyclic) bond motifs is 1. The number of piperidine rings is 1. The molecule has 0 unspecified atom stereocenters. The zero-order valence-corrected chi connectivity index (χ0v) is 19.9. The minimum atomic E-state index is -0.409. The van der Waals surface area contributed by atoms with Crippen LogP contribution in [0.3, 0.4) is 0 Å². The first kappa shape index (κ1) is 27.4. The summed E-state index contributed by atoms with van der Waals surface area (Å²) in [6.45, 7) is 6.68. The molecule has 1 N–H and O–H groups in total. The van der Waals surface area contributed by atoms with Gasteiger partial charge in [0.2, 0.25) is 0 Å². The van der Waals surface area contributed by atoms with Crippen molar-refractivity contribution in [2.45, 2.75) is 45.2 Å². The highest BCUT2D eigenvalue weighted by Gasteiger charge is 2.30. The van der Waals surface area contributed by atoms with E-state index < -0.39 is 5.82 Å². The van der Waals surface area contributed by atoms with Crippen molar-refractivity contribution >= 4 is 41.6 Å². The minimum Gasteiger partial charge on any atom is -0.493 e. The van der Waals surface area contributed by atoms with Crippen molar-refractivity contribution in [2.24, 2.45) is 0 Å². The van der Waals surface area contributed by atoms with Gasteiger partial charge in [-0.25, -0.2) is 9.37 Å². The van der Waals surface area contributed by atoms with E-state index in [0.717, 1.165) is 25.9 Å². The third-order valence-corrected chi connectivity index (χ3v) is 5.17. The normalized spacial score (nSPS) is 15.8. The molecule has 1 aromatic carbocycles. The first-order chi connectivity index (χ1) is 14.0. The van der Waals surface area contributed by atoms with Gasteiger partial charge < -0.3 is 19.7 Å². The molecule has 31 heavy (non-hydrogen) atoms. The highest BCUT2D eigenvalue weighted by atomic mass is 35.5. The summed E-state index contributed by atoms with van der Waals surface area (Å²) in [7, 11) is 1.62. The first-order valence-corrected chi connectivity index (χ1v) is 10.3. The molecule has 0 bridgehead atoms. The van der Waals surface area contributed by atoms with Gasteiger partial charge >= 0.3 is 0 Å². The van der Waals surface area contributed by atoms with Gasteiger partial charge in [0.25, 0.3) is 5.91 Å². The molecule has 3 rings (SSSR count). The van der Waals surface area contributed by atoms with Gasteiger partial charge in [-0.1, -0.05) is 6.07 Å². The molecule has 1 aromatic heterocycles. The third kappa shape index (κ3) is 6.65. The molecule has 1 amide bonds. The van der Waals surface area contributed by atoms with E-state index in [0.29, 0.717) is 36.3 Å². The van der Waals surface area contributed by atoms with Crippen molar-refractivity contribution in [3.63, 3.8) is 0 Å². The molecular formula is C22H32Cl2FN3O3. The van der Waals surface area contributed by atoms with Crippen LogP contribution in [0.25, 0.3) is 10.9 Å². The molecule has 1 saturated heterocycles. The van der Waals surface area contributed by atoms with E-state index in [4.69, 9.17) is 9.47 Å². The van der Waals surface area contributed by atoms with Crippen LogP contribution in [0.1, 0.15) is 43.6 Å². The molecule has 1 atom stereocenters. The fraction of sp³-hybridized carbons (Fsp3) is 0.545. The molecule has 174 valence electrons.